The van der Waals surface area contributed by atoms with Crippen LogP contribution in [0.3, 0.4) is 0 Å². The summed E-state index contributed by atoms with van der Waals surface area (Å²) in [6.07, 6.45) is 2.27. The highest BCUT2D eigenvalue weighted by Crippen LogP contribution is 2.45. The monoisotopic (exact) mass is 205 g/mol. The number of methoxy groups -OCH3 is 1. The third-order valence-electron chi connectivity index (χ3n) is 3.06. The van der Waals surface area contributed by atoms with Crippen molar-refractivity contribution in [2.75, 3.05) is 14.2 Å². The van der Waals surface area contributed by atoms with Gasteiger partial charge < -0.3 is 10.1 Å². The average molecular weight is 205 g/mol. The molecule has 0 aromatic heterocycles. The minimum absolute atomic E-state index is 0.101. The molecule has 0 radical (unpaired) electrons. The second-order valence-electron chi connectivity index (χ2n) is 3.90. The molecule has 3 nitrogen and oxygen atoms in total. The first-order valence-corrected chi connectivity index (χ1v) is 5.09. The topological polar surface area (TPSA) is 38.3 Å². The van der Waals surface area contributed by atoms with Crippen LogP contribution in [-0.2, 0) is 10.3 Å². The van der Waals surface area contributed by atoms with Crippen molar-refractivity contribution in [1.29, 1.82) is 0 Å². The molecule has 1 N–H and O–H groups in total. The zero-order chi connectivity index (χ0) is 10.9. The SMILES string of the molecule is CNC1(c2cccc(C(=O)OC)c2)CC1. The lowest BCUT2D eigenvalue weighted by molar-refractivity contribution is 0.0600. The molecule has 0 atom stereocenters. The van der Waals surface area contributed by atoms with Crippen molar-refractivity contribution in [3.8, 4) is 0 Å². The zero-order valence-electron chi connectivity index (χ0n) is 9.04. The van der Waals surface area contributed by atoms with E-state index in [2.05, 4.69) is 11.4 Å². The van der Waals surface area contributed by atoms with E-state index in [0.717, 1.165) is 12.8 Å². The van der Waals surface area contributed by atoms with Gasteiger partial charge in [0, 0.05) is 5.54 Å². The summed E-state index contributed by atoms with van der Waals surface area (Å²) in [5, 5.41) is 3.30. The molecule has 0 unspecified atom stereocenters. The van der Waals surface area contributed by atoms with E-state index < -0.39 is 0 Å². The molecule has 1 aliphatic carbocycles. The number of hydrogen-bond donors (Lipinski definition) is 1. The van der Waals surface area contributed by atoms with E-state index in [9.17, 15) is 4.79 Å². The van der Waals surface area contributed by atoms with Crippen molar-refractivity contribution in [3.63, 3.8) is 0 Å². The molecule has 2 rings (SSSR count). The van der Waals surface area contributed by atoms with Gasteiger partial charge in [0.1, 0.15) is 0 Å². The quantitative estimate of drug-likeness (QED) is 0.763. The minimum atomic E-state index is -0.274. The smallest absolute Gasteiger partial charge is 0.337 e. The fraction of sp³-hybridized carbons (Fsp3) is 0.417. The standard InChI is InChI=1S/C12H15NO2/c1-13-12(6-7-12)10-5-3-4-9(8-10)11(14)15-2/h3-5,8,13H,6-7H2,1-2H3. The highest BCUT2D eigenvalue weighted by atomic mass is 16.5. The Balaban J connectivity index is 2.31. The number of rotatable bonds is 3. The molecule has 1 aromatic carbocycles. The molecule has 0 heterocycles. The van der Waals surface area contributed by atoms with Gasteiger partial charge in [0.25, 0.3) is 0 Å². The Labute approximate surface area is 89.4 Å². The molecular formula is C12H15NO2. The van der Waals surface area contributed by atoms with Crippen LogP contribution >= 0.6 is 0 Å². The molecular weight excluding hydrogens is 190 g/mol. The van der Waals surface area contributed by atoms with Gasteiger partial charge in [-0.05, 0) is 37.6 Å². The Morgan fingerprint density at radius 1 is 1.47 bits per heavy atom. The summed E-state index contributed by atoms with van der Waals surface area (Å²) in [5.41, 5.74) is 1.90. The summed E-state index contributed by atoms with van der Waals surface area (Å²) in [6.45, 7) is 0. The second-order valence-corrected chi connectivity index (χ2v) is 3.90. The lowest BCUT2D eigenvalue weighted by Crippen LogP contribution is -2.24. The van der Waals surface area contributed by atoms with Crippen LogP contribution in [0.25, 0.3) is 0 Å². The maximum absolute atomic E-state index is 11.4. The highest BCUT2D eigenvalue weighted by molar-refractivity contribution is 5.89. The molecule has 1 aliphatic rings. The number of hydrogen-bond acceptors (Lipinski definition) is 3. The number of carbonyl (C=O) groups is 1. The van der Waals surface area contributed by atoms with Crippen molar-refractivity contribution >= 4 is 5.97 Å². The Bertz CT molecular complexity index is 383. The summed E-state index contributed by atoms with van der Waals surface area (Å²) < 4.78 is 4.70. The average Bonchev–Trinajstić information content (AvgIpc) is 3.09. The Hall–Kier alpha value is -1.35. The predicted octanol–water partition coefficient (Wildman–Crippen LogP) is 1.68. The molecule has 0 bridgehead atoms. The predicted molar refractivity (Wildman–Crippen MR) is 57.8 cm³/mol. The van der Waals surface area contributed by atoms with Crippen LogP contribution in [-0.4, -0.2) is 20.1 Å². The second kappa shape index (κ2) is 3.66. The van der Waals surface area contributed by atoms with Crippen LogP contribution in [0, 0.1) is 0 Å². The summed E-state index contributed by atoms with van der Waals surface area (Å²) in [6, 6.07) is 7.64. The van der Waals surface area contributed by atoms with Crippen molar-refractivity contribution in [3.05, 3.63) is 35.4 Å². The summed E-state index contributed by atoms with van der Waals surface area (Å²) >= 11 is 0. The van der Waals surface area contributed by atoms with Gasteiger partial charge >= 0.3 is 5.97 Å². The van der Waals surface area contributed by atoms with Gasteiger partial charge in [0.15, 0.2) is 0 Å². The van der Waals surface area contributed by atoms with Crippen LogP contribution in [0.5, 0.6) is 0 Å². The van der Waals surface area contributed by atoms with Gasteiger partial charge in [-0.25, -0.2) is 4.79 Å². The van der Waals surface area contributed by atoms with Crippen LogP contribution in [0.1, 0.15) is 28.8 Å². The summed E-state index contributed by atoms with van der Waals surface area (Å²) in [7, 11) is 3.36. The van der Waals surface area contributed by atoms with Crippen LogP contribution in [0.15, 0.2) is 24.3 Å². The van der Waals surface area contributed by atoms with Crippen LogP contribution in [0.4, 0.5) is 0 Å². The maximum Gasteiger partial charge on any atom is 0.337 e. The number of ether oxygens (including phenoxy) is 1. The zero-order valence-corrected chi connectivity index (χ0v) is 9.04. The molecule has 1 fully saturated rings. The van der Waals surface area contributed by atoms with E-state index in [1.54, 1.807) is 6.07 Å². The molecule has 80 valence electrons. The molecule has 1 aromatic rings. The third kappa shape index (κ3) is 1.75. The largest absolute Gasteiger partial charge is 0.465 e. The lowest BCUT2D eigenvalue weighted by atomic mass is 10.0. The fourth-order valence-electron chi connectivity index (χ4n) is 1.87. The molecule has 3 heteroatoms. The first kappa shape index (κ1) is 10.2. The molecule has 0 spiro atoms. The number of carbonyl (C=O) groups excluding carboxylic acids is 1. The van der Waals surface area contributed by atoms with E-state index in [1.807, 2.05) is 19.2 Å². The highest BCUT2D eigenvalue weighted by Gasteiger charge is 2.42. The number of esters is 1. The first-order valence-electron chi connectivity index (χ1n) is 5.09. The van der Waals surface area contributed by atoms with Gasteiger partial charge in [0.05, 0.1) is 12.7 Å². The van der Waals surface area contributed by atoms with Gasteiger partial charge in [-0.15, -0.1) is 0 Å². The Morgan fingerprint density at radius 2 is 2.20 bits per heavy atom. The van der Waals surface area contributed by atoms with Crippen molar-refractivity contribution < 1.29 is 9.53 Å². The van der Waals surface area contributed by atoms with E-state index in [-0.39, 0.29) is 11.5 Å². The molecule has 0 saturated heterocycles. The molecule has 0 aliphatic heterocycles. The normalized spacial score (nSPS) is 17.2. The van der Waals surface area contributed by atoms with Crippen molar-refractivity contribution in [2.45, 2.75) is 18.4 Å². The van der Waals surface area contributed by atoms with Gasteiger partial charge in [-0.3, -0.25) is 0 Å². The molecule has 0 amide bonds. The Morgan fingerprint density at radius 3 is 2.73 bits per heavy atom. The van der Waals surface area contributed by atoms with Crippen molar-refractivity contribution in [1.82, 2.24) is 5.32 Å². The van der Waals surface area contributed by atoms with Gasteiger partial charge in [-0.1, -0.05) is 12.1 Å². The molecule has 1 saturated carbocycles. The Kier molecular flexibility index (Phi) is 2.49. The third-order valence-corrected chi connectivity index (χ3v) is 3.06. The molecule has 15 heavy (non-hydrogen) atoms. The number of nitrogens with one attached hydrogen (secondary N) is 1. The number of benzene rings is 1. The lowest BCUT2D eigenvalue weighted by Gasteiger charge is -2.15. The summed E-state index contributed by atoms with van der Waals surface area (Å²) in [4.78, 5) is 11.4. The fourth-order valence-corrected chi connectivity index (χ4v) is 1.87. The maximum atomic E-state index is 11.4. The first-order chi connectivity index (χ1) is 7.22. The van der Waals surface area contributed by atoms with Gasteiger partial charge in [0.2, 0.25) is 0 Å². The van der Waals surface area contributed by atoms with Crippen LogP contribution < -0.4 is 5.32 Å². The van der Waals surface area contributed by atoms with Gasteiger partial charge in [-0.2, -0.15) is 0 Å². The van der Waals surface area contributed by atoms with E-state index in [4.69, 9.17) is 4.74 Å². The summed E-state index contributed by atoms with van der Waals surface area (Å²) in [5.74, 6) is -0.274. The van der Waals surface area contributed by atoms with E-state index >= 15 is 0 Å². The van der Waals surface area contributed by atoms with Crippen LogP contribution in [0.2, 0.25) is 0 Å². The minimum Gasteiger partial charge on any atom is -0.465 e. The van der Waals surface area contributed by atoms with E-state index in [0.29, 0.717) is 5.56 Å². The van der Waals surface area contributed by atoms with E-state index in [1.165, 1.54) is 12.7 Å². The van der Waals surface area contributed by atoms with Crippen molar-refractivity contribution in [2.24, 2.45) is 0 Å².